The molecule has 0 spiro atoms. The molecule has 4 nitrogen and oxygen atoms in total. The molecule has 0 amide bonds. The van der Waals surface area contributed by atoms with Gasteiger partial charge in [0.15, 0.2) is 0 Å². The Hall–Kier alpha value is -1.88. The molecule has 0 saturated heterocycles. The minimum absolute atomic E-state index is 0.551. The monoisotopic (exact) mass is 245 g/mol. The standard InChI is InChI=1S/C12H11N3OS/c1-7-6-17-11-10(7)14-9(15-12(11)13)5-8-3-2-4-16-8/h2-4,6H,5H2,1H3,(H2,13,14,15). The largest absolute Gasteiger partial charge is 0.469 e. The van der Waals surface area contributed by atoms with E-state index >= 15 is 0 Å². The van der Waals surface area contributed by atoms with Gasteiger partial charge in [-0.05, 0) is 30.0 Å². The van der Waals surface area contributed by atoms with E-state index < -0.39 is 0 Å². The molecule has 0 aromatic carbocycles. The number of anilines is 1. The van der Waals surface area contributed by atoms with Gasteiger partial charge in [-0.25, -0.2) is 9.97 Å². The SMILES string of the molecule is Cc1csc2c(N)nc(Cc3ccco3)nc12. The van der Waals surface area contributed by atoms with Crippen LogP contribution in [0.2, 0.25) is 0 Å². The fourth-order valence-electron chi connectivity index (χ4n) is 1.75. The number of nitrogens with two attached hydrogens (primary N) is 1. The van der Waals surface area contributed by atoms with Gasteiger partial charge in [-0.15, -0.1) is 11.3 Å². The quantitative estimate of drug-likeness (QED) is 0.754. The third-order valence-electron chi connectivity index (χ3n) is 2.58. The Balaban J connectivity index is 2.08. The van der Waals surface area contributed by atoms with Crippen LogP contribution in [0, 0.1) is 6.92 Å². The first-order chi connectivity index (χ1) is 8.24. The first-order valence-electron chi connectivity index (χ1n) is 5.26. The maximum Gasteiger partial charge on any atom is 0.145 e. The molecule has 5 heteroatoms. The van der Waals surface area contributed by atoms with E-state index in [1.807, 2.05) is 24.4 Å². The van der Waals surface area contributed by atoms with Crippen molar-refractivity contribution in [2.75, 3.05) is 5.73 Å². The van der Waals surface area contributed by atoms with Crippen molar-refractivity contribution in [2.24, 2.45) is 0 Å². The van der Waals surface area contributed by atoms with Crippen LogP contribution in [0.3, 0.4) is 0 Å². The Morgan fingerprint density at radius 1 is 1.41 bits per heavy atom. The normalized spacial score (nSPS) is 11.1. The highest BCUT2D eigenvalue weighted by atomic mass is 32.1. The zero-order valence-electron chi connectivity index (χ0n) is 9.30. The molecular formula is C12H11N3OS. The smallest absolute Gasteiger partial charge is 0.145 e. The molecule has 0 saturated carbocycles. The van der Waals surface area contributed by atoms with Crippen LogP contribution in [0.5, 0.6) is 0 Å². The minimum Gasteiger partial charge on any atom is -0.469 e. The minimum atomic E-state index is 0.551. The molecule has 2 N–H and O–H groups in total. The third kappa shape index (κ3) is 1.78. The summed E-state index contributed by atoms with van der Waals surface area (Å²) >= 11 is 1.58. The van der Waals surface area contributed by atoms with E-state index in [0.717, 1.165) is 21.5 Å². The molecule has 0 aliphatic carbocycles. The average Bonchev–Trinajstić information content (AvgIpc) is 2.90. The number of hydrogen-bond donors (Lipinski definition) is 1. The molecule has 0 fully saturated rings. The fourth-order valence-corrected chi connectivity index (χ4v) is 2.64. The summed E-state index contributed by atoms with van der Waals surface area (Å²) in [6.07, 6.45) is 2.22. The second kappa shape index (κ2) is 3.85. The van der Waals surface area contributed by atoms with Crippen LogP contribution in [0.25, 0.3) is 10.2 Å². The summed E-state index contributed by atoms with van der Waals surface area (Å²) in [7, 11) is 0. The summed E-state index contributed by atoms with van der Waals surface area (Å²) < 4.78 is 6.25. The van der Waals surface area contributed by atoms with Crippen molar-refractivity contribution in [3.05, 3.63) is 40.9 Å². The van der Waals surface area contributed by atoms with Gasteiger partial charge in [-0.2, -0.15) is 0 Å². The van der Waals surface area contributed by atoms with Gasteiger partial charge in [0, 0.05) is 0 Å². The molecular weight excluding hydrogens is 234 g/mol. The summed E-state index contributed by atoms with van der Waals surface area (Å²) in [6.45, 7) is 2.03. The number of rotatable bonds is 2. The van der Waals surface area contributed by atoms with Crippen molar-refractivity contribution in [1.82, 2.24) is 9.97 Å². The summed E-state index contributed by atoms with van der Waals surface area (Å²) in [5.41, 5.74) is 8.01. The van der Waals surface area contributed by atoms with Crippen LogP contribution in [-0.4, -0.2) is 9.97 Å². The number of thiophene rings is 1. The first-order valence-corrected chi connectivity index (χ1v) is 6.14. The summed E-state index contributed by atoms with van der Waals surface area (Å²) in [6, 6.07) is 3.76. The lowest BCUT2D eigenvalue weighted by atomic mass is 10.2. The van der Waals surface area contributed by atoms with E-state index in [1.54, 1.807) is 17.6 Å². The topological polar surface area (TPSA) is 64.9 Å². The average molecular weight is 245 g/mol. The fraction of sp³-hybridized carbons (Fsp3) is 0.167. The van der Waals surface area contributed by atoms with E-state index in [2.05, 4.69) is 9.97 Å². The number of hydrogen-bond acceptors (Lipinski definition) is 5. The van der Waals surface area contributed by atoms with Gasteiger partial charge >= 0.3 is 0 Å². The molecule has 0 aliphatic heterocycles. The van der Waals surface area contributed by atoms with E-state index in [1.165, 1.54) is 0 Å². The van der Waals surface area contributed by atoms with Crippen LogP contribution in [0.15, 0.2) is 28.2 Å². The molecule has 17 heavy (non-hydrogen) atoms. The van der Waals surface area contributed by atoms with Crippen molar-refractivity contribution in [3.8, 4) is 0 Å². The van der Waals surface area contributed by atoms with Gasteiger partial charge in [0.25, 0.3) is 0 Å². The molecule has 86 valence electrons. The van der Waals surface area contributed by atoms with Crippen LogP contribution in [0.1, 0.15) is 17.1 Å². The Bertz CT molecular complexity index is 658. The lowest BCUT2D eigenvalue weighted by Crippen LogP contribution is -2.00. The van der Waals surface area contributed by atoms with Crippen molar-refractivity contribution >= 4 is 27.4 Å². The predicted molar refractivity (Wildman–Crippen MR) is 68.1 cm³/mol. The van der Waals surface area contributed by atoms with E-state index in [4.69, 9.17) is 10.2 Å². The Morgan fingerprint density at radius 2 is 2.29 bits per heavy atom. The summed E-state index contributed by atoms with van der Waals surface area (Å²) in [4.78, 5) is 8.84. The van der Waals surface area contributed by atoms with Crippen LogP contribution in [-0.2, 0) is 6.42 Å². The van der Waals surface area contributed by atoms with E-state index in [9.17, 15) is 0 Å². The van der Waals surface area contributed by atoms with E-state index in [-0.39, 0.29) is 0 Å². The molecule has 0 aliphatic rings. The van der Waals surface area contributed by atoms with Gasteiger partial charge in [0.05, 0.1) is 22.9 Å². The molecule has 3 aromatic rings. The van der Waals surface area contributed by atoms with Gasteiger partial charge < -0.3 is 10.2 Å². The van der Waals surface area contributed by atoms with Crippen LogP contribution >= 0.6 is 11.3 Å². The summed E-state index contributed by atoms with van der Waals surface area (Å²) in [5.74, 6) is 2.10. The second-order valence-corrected chi connectivity index (χ2v) is 4.76. The molecule has 0 unspecified atom stereocenters. The van der Waals surface area contributed by atoms with Crippen molar-refractivity contribution in [2.45, 2.75) is 13.3 Å². The Morgan fingerprint density at radius 3 is 3.06 bits per heavy atom. The number of furan rings is 1. The maximum absolute atomic E-state index is 5.93. The first kappa shape index (κ1) is 10.3. The van der Waals surface area contributed by atoms with Crippen LogP contribution < -0.4 is 5.73 Å². The van der Waals surface area contributed by atoms with Crippen molar-refractivity contribution in [1.29, 1.82) is 0 Å². The highest BCUT2D eigenvalue weighted by molar-refractivity contribution is 7.17. The second-order valence-electron chi connectivity index (χ2n) is 3.88. The van der Waals surface area contributed by atoms with Crippen molar-refractivity contribution in [3.63, 3.8) is 0 Å². The molecule has 0 atom stereocenters. The summed E-state index contributed by atoms with van der Waals surface area (Å²) in [5, 5.41) is 2.05. The number of aromatic nitrogens is 2. The maximum atomic E-state index is 5.93. The highest BCUT2D eigenvalue weighted by Crippen LogP contribution is 2.27. The van der Waals surface area contributed by atoms with Crippen molar-refractivity contribution < 1.29 is 4.42 Å². The van der Waals surface area contributed by atoms with E-state index in [0.29, 0.717) is 18.1 Å². The third-order valence-corrected chi connectivity index (χ3v) is 3.69. The predicted octanol–water partition coefficient (Wildman–Crippen LogP) is 2.77. The number of fused-ring (bicyclic) bond motifs is 1. The zero-order chi connectivity index (χ0) is 11.8. The molecule has 3 heterocycles. The molecule has 3 rings (SSSR count). The Labute approximate surface area is 102 Å². The van der Waals surface area contributed by atoms with Crippen LogP contribution in [0.4, 0.5) is 5.82 Å². The van der Waals surface area contributed by atoms with Gasteiger partial charge in [0.1, 0.15) is 17.4 Å². The lowest BCUT2D eigenvalue weighted by molar-refractivity contribution is 0.517. The van der Waals surface area contributed by atoms with Gasteiger partial charge in [0.2, 0.25) is 0 Å². The number of nitrogens with zero attached hydrogens (tertiary/aromatic N) is 2. The zero-order valence-corrected chi connectivity index (χ0v) is 10.1. The molecule has 3 aromatic heterocycles. The van der Waals surface area contributed by atoms with Gasteiger partial charge in [-0.3, -0.25) is 0 Å². The van der Waals surface area contributed by atoms with Gasteiger partial charge in [-0.1, -0.05) is 0 Å². The molecule has 0 radical (unpaired) electrons. The lowest BCUT2D eigenvalue weighted by Gasteiger charge is -2.01. The molecule has 0 bridgehead atoms. The number of aryl methyl sites for hydroxylation is 1. The number of nitrogen functional groups attached to an aromatic ring is 1. The Kier molecular flexibility index (Phi) is 2.33. The highest BCUT2D eigenvalue weighted by Gasteiger charge is 2.10.